The normalized spacial score (nSPS) is 18.3. The van der Waals surface area contributed by atoms with Crippen molar-refractivity contribution in [3.8, 4) is 11.8 Å². The Bertz CT molecular complexity index is 1360. The lowest BCUT2D eigenvalue weighted by Gasteiger charge is -2.11. The van der Waals surface area contributed by atoms with Crippen LogP contribution in [0.4, 0.5) is 5.82 Å². The largest absolute Gasteiger partial charge is 0.383 e. The SMILES string of the molecule is CCn1c(C)nc2cc(C#Cc3nn([C@@H]4CN[C@@H](COC)C4)c4ccnc(N)c34)ccc21. The molecule has 1 saturated heterocycles. The van der Waals surface area contributed by atoms with E-state index in [1.54, 1.807) is 13.3 Å². The molecule has 4 heterocycles. The highest BCUT2D eigenvalue weighted by atomic mass is 16.5. The van der Waals surface area contributed by atoms with E-state index < -0.39 is 0 Å². The molecule has 0 bridgehead atoms. The number of methoxy groups -OCH3 is 1. The first-order valence-corrected chi connectivity index (χ1v) is 10.9. The lowest BCUT2D eigenvalue weighted by Crippen LogP contribution is -2.25. The summed E-state index contributed by atoms with van der Waals surface area (Å²) in [7, 11) is 1.73. The van der Waals surface area contributed by atoms with Crippen molar-refractivity contribution in [2.24, 2.45) is 0 Å². The van der Waals surface area contributed by atoms with Crippen LogP contribution >= 0.6 is 0 Å². The molecule has 0 amide bonds. The topological polar surface area (TPSA) is 95.8 Å². The molecule has 1 aliphatic heterocycles. The zero-order chi connectivity index (χ0) is 22.2. The summed E-state index contributed by atoms with van der Waals surface area (Å²) in [5, 5.41) is 9.17. The van der Waals surface area contributed by atoms with Crippen LogP contribution in [0.1, 0.15) is 36.5 Å². The molecule has 8 heteroatoms. The minimum Gasteiger partial charge on any atom is -0.383 e. The Morgan fingerprint density at radius 1 is 1.25 bits per heavy atom. The number of nitrogens with one attached hydrogen (secondary N) is 1. The third kappa shape index (κ3) is 3.49. The van der Waals surface area contributed by atoms with Crippen molar-refractivity contribution in [3.05, 3.63) is 47.5 Å². The summed E-state index contributed by atoms with van der Waals surface area (Å²) in [6.45, 7) is 6.56. The Labute approximate surface area is 186 Å². The quantitative estimate of drug-likeness (QED) is 0.484. The van der Waals surface area contributed by atoms with Crippen LogP contribution < -0.4 is 11.1 Å². The van der Waals surface area contributed by atoms with Gasteiger partial charge in [0.05, 0.1) is 34.6 Å². The molecule has 1 fully saturated rings. The number of aromatic nitrogens is 5. The number of fused-ring (bicyclic) bond motifs is 2. The zero-order valence-corrected chi connectivity index (χ0v) is 18.6. The summed E-state index contributed by atoms with van der Waals surface area (Å²) < 4.78 is 9.54. The van der Waals surface area contributed by atoms with Crippen LogP contribution in [0.2, 0.25) is 0 Å². The van der Waals surface area contributed by atoms with Crippen LogP contribution in [0, 0.1) is 18.8 Å². The van der Waals surface area contributed by atoms with Crippen LogP contribution in [0.25, 0.3) is 21.9 Å². The van der Waals surface area contributed by atoms with Gasteiger partial charge in [0.25, 0.3) is 0 Å². The number of imidazole rings is 1. The van der Waals surface area contributed by atoms with Gasteiger partial charge in [-0.15, -0.1) is 0 Å². The molecule has 3 aromatic heterocycles. The fourth-order valence-electron chi connectivity index (χ4n) is 4.65. The van der Waals surface area contributed by atoms with E-state index in [1.165, 1.54) is 0 Å². The molecule has 0 aliphatic carbocycles. The molecule has 0 saturated carbocycles. The molecule has 8 nitrogen and oxygen atoms in total. The van der Waals surface area contributed by atoms with Crippen molar-refractivity contribution in [3.63, 3.8) is 0 Å². The molecule has 0 unspecified atom stereocenters. The van der Waals surface area contributed by atoms with Crippen LogP contribution in [-0.2, 0) is 11.3 Å². The maximum atomic E-state index is 6.24. The molecular weight excluding hydrogens is 402 g/mol. The Hall–Kier alpha value is -3.41. The van der Waals surface area contributed by atoms with Gasteiger partial charge in [0, 0.05) is 38.0 Å². The summed E-state index contributed by atoms with van der Waals surface area (Å²) in [6, 6.07) is 8.62. The number of nitrogens with zero attached hydrogens (tertiary/aromatic N) is 5. The van der Waals surface area contributed by atoms with Crippen molar-refractivity contribution in [1.82, 2.24) is 29.6 Å². The van der Waals surface area contributed by atoms with Gasteiger partial charge in [-0.25, -0.2) is 9.97 Å². The first-order chi connectivity index (χ1) is 15.6. The van der Waals surface area contributed by atoms with Gasteiger partial charge in [0.1, 0.15) is 17.3 Å². The van der Waals surface area contributed by atoms with E-state index in [0.717, 1.165) is 52.8 Å². The molecule has 3 N–H and O–H groups in total. The second kappa shape index (κ2) is 8.26. The fourth-order valence-corrected chi connectivity index (χ4v) is 4.65. The standard InChI is InChI=1S/C24H27N7O/c1-4-30-15(2)28-20-11-16(6-8-21(20)30)5-7-19-23-22(9-10-26-24(23)25)31(29-19)18-12-17(14-32-3)27-13-18/h6,8-11,17-18,27H,4,12-14H2,1-3H3,(H2,25,26)/t17-,18+/m1/s1. The van der Waals surface area contributed by atoms with E-state index >= 15 is 0 Å². The van der Waals surface area contributed by atoms with Gasteiger partial charge in [-0.05, 0) is 50.5 Å². The number of hydrogen-bond donors (Lipinski definition) is 2. The van der Waals surface area contributed by atoms with Gasteiger partial charge in [-0.3, -0.25) is 4.68 Å². The summed E-state index contributed by atoms with van der Waals surface area (Å²) >= 11 is 0. The second-order valence-corrected chi connectivity index (χ2v) is 8.19. The average molecular weight is 430 g/mol. The number of pyridine rings is 1. The number of anilines is 1. The summed E-state index contributed by atoms with van der Waals surface area (Å²) in [6.07, 6.45) is 2.66. The number of ether oxygens (including phenoxy) is 1. The van der Waals surface area contributed by atoms with E-state index in [4.69, 9.17) is 15.6 Å². The lowest BCUT2D eigenvalue weighted by atomic mass is 10.1. The predicted octanol–water partition coefficient (Wildman–Crippen LogP) is 2.64. The molecule has 5 rings (SSSR count). The first-order valence-electron chi connectivity index (χ1n) is 10.9. The highest BCUT2D eigenvalue weighted by Crippen LogP contribution is 2.29. The molecule has 164 valence electrons. The minimum absolute atomic E-state index is 0.215. The van der Waals surface area contributed by atoms with Gasteiger partial charge >= 0.3 is 0 Å². The predicted molar refractivity (Wildman–Crippen MR) is 125 cm³/mol. The number of hydrogen-bond acceptors (Lipinski definition) is 6. The molecular formula is C24H27N7O. The maximum Gasteiger partial charge on any atom is 0.147 e. The van der Waals surface area contributed by atoms with Crippen molar-refractivity contribution < 1.29 is 4.74 Å². The van der Waals surface area contributed by atoms with Gasteiger partial charge in [-0.1, -0.05) is 5.92 Å². The van der Waals surface area contributed by atoms with Crippen molar-refractivity contribution in [2.75, 3.05) is 26.0 Å². The van der Waals surface area contributed by atoms with Crippen molar-refractivity contribution in [2.45, 2.75) is 38.9 Å². The van der Waals surface area contributed by atoms with Gasteiger partial charge in [-0.2, -0.15) is 5.10 Å². The van der Waals surface area contributed by atoms with E-state index in [9.17, 15) is 0 Å². The van der Waals surface area contributed by atoms with Gasteiger partial charge in [0.15, 0.2) is 0 Å². The molecule has 1 aliphatic rings. The highest BCUT2D eigenvalue weighted by molar-refractivity contribution is 5.93. The zero-order valence-electron chi connectivity index (χ0n) is 18.6. The average Bonchev–Trinajstić information content (AvgIpc) is 3.47. The van der Waals surface area contributed by atoms with Crippen LogP contribution in [-0.4, -0.2) is 50.6 Å². The number of benzene rings is 1. The smallest absolute Gasteiger partial charge is 0.147 e. The van der Waals surface area contributed by atoms with E-state index in [1.807, 2.05) is 29.8 Å². The maximum absolute atomic E-state index is 6.24. The molecule has 0 spiro atoms. The van der Waals surface area contributed by atoms with Gasteiger partial charge in [0.2, 0.25) is 0 Å². The van der Waals surface area contributed by atoms with Crippen molar-refractivity contribution in [1.29, 1.82) is 0 Å². The van der Waals surface area contributed by atoms with Crippen LogP contribution in [0.3, 0.4) is 0 Å². The molecule has 0 radical (unpaired) electrons. The first kappa shape index (κ1) is 20.5. The Balaban J connectivity index is 1.53. The third-order valence-corrected chi connectivity index (χ3v) is 6.14. The molecule has 1 aromatic carbocycles. The number of rotatable bonds is 4. The van der Waals surface area contributed by atoms with Crippen LogP contribution in [0.5, 0.6) is 0 Å². The number of nitrogens with two attached hydrogens (primary N) is 1. The lowest BCUT2D eigenvalue weighted by molar-refractivity contribution is 0.172. The summed E-state index contributed by atoms with van der Waals surface area (Å²) in [5.41, 5.74) is 10.8. The van der Waals surface area contributed by atoms with E-state index in [-0.39, 0.29) is 6.04 Å². The third-order valence-electron chi connectivity index (χ3n) is 6.14. The molecule has 4 aromatic rings. The Kier molecular flexibility index (Phi) is 5.29. The highest BCUT2D eigenvalue weighted by Gasteiger charge is 2.28. The number of aryl methyl sites for hydroxylation is 2. The van der Waals surface area contributed by atoms with Crippen LogP contribution in [0.15, 0.2) is 30.5 Å². The van der Waals surface area contributed by atoms with Gasteiger partial charge < -0.3 is 20.4 Å². The minimum atomic E-state index is 0.215. The fraction of sp³-hybridized carbons (Fsp3) is 0.375. The second-order valence-electron chi connectivity index (χ2n) is 8.19. The molecule has 2 atom stereocenters. The van der Waals surface area contributed by atoms with E-state index in [0.29, 0.717) is 24.2 Å². The Morgan fingerprint density at radius 3 is 2.94 bits per heavy atom. The number of nitrogen functional groups attached to an aromatic ring is 1. The molecule has 32 heavy (non-hydrogen) atoms. The summed E-state index contributed by atoms with van der Waals surface area (Å²) in [5.74, 6) is 7.96. The monoisotopic (exact) mass is 429 g/mol. The van der Waals surface area contributed by atoms with E-state index in [2.05, 4.69) is 44.7 Å². The van der Waals surface area contributed by atoms with Crippen molar-refractivity contribution >= 4 is 27.8 Å². The Morgan fingerprint density at radius 2 is 2.12 bits per heavy atom. The summed E-state index contributed by atoms with van der Waals surface area (Å²) in [4.78, 5) is 8.95.